The van der Waals surface area contributed by atoms with E-state index in [9.17, 15) is 0 Å². The Morgan fingerprint density at radius 1 is 0.344 bits per heavy atom. The highest BCUT2D eigenvalue weighted by Crippen LogP contribution is 2.40. The first kappa shape index (κ1) is 49.2. The van der Waals surface area contributed by atoms with E-state index >= 15 is 0 Å². The van der Waals surface area contributed by atoms with Gasteiger partial charge in [0.25, 0.3) is 0 Å². The highest BCUT2D eigenvalue weighted by Gasteiger charge is 2.29. The average molecular weight is 1520 g/mol. The lowest BCUT2D eigenvalue weighted by atomic mass is 10.3. The van der Waals surface area contributed by atoms with Crippen molar-refractivity contribution in [2.24, 2.45) is 0 Å². The molecule has 0 aliphatic rings. The van der Waals surface area contributed by atoms with Gasteiger partial charge in [-0.15, -0.1) is 0 Å². The van der Waals surface area contributed by atoms with Crippen molar-refractivity contribution in [3.05, 3.63) is 131 Å². The van der Waals surface area contributed by atoms with Crippen LogP contribution in [0.2, 0.25) is 0 Å². The molecule has 320 valence electrons. The largest absolute Gasteiger partial charge is 0.466 e. The minimum Gasteiger partial charge on any atom is -0.466 e. The van der Waals surface area contributed by atoms with Crippen molar-refractivity contribution in [2.75, 3.05) is 40.2 Å². The van der Waals surface area contributed by atoms with Crippen LogP contribution in [0.4, 0.5) is 0 Å². The van der Waals surface area contributed by atoms with Gasteiger partial charge < -0.3 is 42.6 Å². The summed E-state index contributed by atoms with van der Waals surface area (Å²) >= 11 is 13.6. The standard InChI is InChI=1S/C45H39I6O9S/c1-4-52-25-55-40-19-37(49)43(22-34(40)46)58-28-7-13-31(14-8-28)61(32-15-9-29(10-16-32)59-44-23-35(47)41(20-38(44)50)56-26-53-5-2)33-17-11-30(12-18-33)60-45-24-36(48)42(21-39(45)51)57-27-54-6-3/h7-24H,4-6,25-27H2,1-3H3/q+1. The maximum atomic E-state index is 6.40. The summed E-state index contributed by atoms with van der Waals surface area (Å²) < 4.78 is 58.3. The molecule has 0 aliphatic carbocycles. The summed E-state index contributed by atoms with van der Waals surface area (Å²) in [4.78, 5) is 3.37. The van der Waals surface area contributed by atoms with Crippen LogP contribution in [-0.2, 0) is 25.1 Å². The maximum Gasteiger partial charge on any atom is 0.189 e. The van der Waals surface area contributed by atoms with Gasteiger partial charge in [0.1, 0.15) is 51.7 Å². The number of ether oxygens (including phenoxy) is 9. The minimum absolute atomic E-state index is 0.202. The zero-order valence-corrected chi connectivity index (χ0v) is 46.7. The van der Waals surface area contributed by atoms with Crippen LogP contribution in [0.5, 0.6) is 51.7 Å². The number of hydrogen-bond acceptors (Lipinski definition) is 9. The van der Waals surface area contributed by atoms with Gasteiger partial charge in [-0.1, -0.05) is 0 Å². The van der Waals surface area contributed by atoms with E-state index in [1.54, 1.807) is 0 Å². The summed E-state index contributed by atoms with van der Waals surface area (Å²) in [6.45, 7) is 8.20. The van der Waals surface area contributed by atoms with Crippen LogP contribution in [0.15, 0.2) is 124 Å². The van der Waals surface area contributed by atoms with Gasteiger partial charge in [0.2, 0.25) is 0 Å². The predicted molar refractivity (Wildman–Crippen MR) is 289 cm³/mol. The second-order valence-electron chi connectivity index (χ2n) is 12.4. The summed E-state index contributed by atoms with van der Waals surface area (Å²) in [6, 6.07) is 36.7. The van der Waals surface area contributed by atoms with Crippen molar-refractivity contribution in [1.29, 1.82) is 0 Å². The van der Waals surface area contributed by atoms with E-state index in [1.807, 2.05) is 93.6 Å². The van der Waals surface area contributed by atoms with Gasteiger partial charge in [-0.25, -0.2) is 0 Å². The third kappa shape index (κ3) is 14.1. The van der Waals surface area contributed by atoms with Gasteiger partial charge in [-0.05, 0) is 266 Å². The van der Waals surface area contributed by atoms with Gasteiger partial charge in [0, 0.05) is 19.8 Å². The van der Waals surface area contributed by atoms with Crippen LogP contribution in [0.3, 0.4) is 0 Å². The molecule has 0 aliphatic heterocycles. The third-order valence-corrected chi connectivity index (χ3v) is 15.6. The van der Waals surface area contributed by atoms with E-state index in [-0.39, 0.29) is 20.4 Å². The van der Waals surface area contributed by atoms with Crippen LogP contribution in [0.1, 0.15) is 20.8 Å². The molecule has 0 spiro atoms. The molecule has 0 saturated carbocycles. The fourth-order valence-electron chi connectivity index (χ4n) is 5.38. The first-order valence-electron chi connectivity index (χ1n) is 18.7. The molecule has 16 heteroatoms. The van der Waals surface area contributed by atoms with Crippen LogP contribution in [0.25, 0.3) is 0 Å². The first-order chi connectivity index (χ1) is 29.6. The number of benzene rings is 6. The molecular formula is C45H39I6O9S+. The summed E-state index contributed by atoms with van der Waals surface area (Å²) in [7, 11) is -0.485. The molecule has 0 saturated heterocycles. The van der Waals surface area contributed by atoms with Crippen molar-refractivity contribution < 1.29 is 42.6 Å². The van der Waals surface area contributed by atoms with Crippen LogP contribution in [0, 0.1) is 21.4 Å². The normalized spacial score (nSPS) is 11.1. The molecular weight excluding hydrogens is 1480 g/mol. The zero-order valence-electron chi connectivity index (χ0n) is 33.0. The molecule has 6 rings (SSSR count). The fourth-order valence-corrected chi connectivity index (χ4v) is 10.9. The molecule has 0 radical (unpaired) electrons. The van der Waals surface area contributed by atoms with Crippen molar-refractivity contribution in [1.82, 2.24) is 0 Å². The summed E-state index contributed by atoms with van der Waals surface area (Å²) in [5.41, 5.74) is 0. The Hall–Kier alpha value is -1.27. The Bertz CT molecular complexity index is 2110. The van der Waals surface area contributed by atoms with Crippen LogP contribution >= 0.6 is 136 Å². The second kappa shape index (κ2) is 24.9. The summed E-state index contributed by atoms with van der Waals surface area (Å²) in [5.74, 6) is 6.72. The van der Waals surface area contributed by atoms with Gasteiger partial charge >= 0.3 is 0 Å². The lowest BCUT2D eigenvalue weighted by molar-refractivity contribution is 0.0216. The Morgan fingerprint density at radius 3 is 0.820 bits per heavy atom. The van der Waals surface area contributed by atoms with E-state index in [4.69, 9.17) is 42.6 Å². The lowest BCUT2D eigenvalue weighted by Crippen LogP contribution is -2.05. The Morgan fingerprint density at radius 2 is 0.574 bits per heavy atom. The quantitative estimate of drug-likeness (QED) is 0.0303. The molecule has 0 amide bonds. The molecule has 0 bridgehead atoms. The minimum atomic E-state index is -0.485. The molecule has 6 aromatic rings. The fraction of sp³-hybridized carbons (Fsp3) is 0.200. The van der Waals surface area contributed by atoms with Crippen LogP contribution in [-0.4, -0.2) is 40.2 Å². The third-order valence-electron chi connectivity index (χ3n) is 8.33. The van der Waals surface area contributed by atoms with Crippen molar-refractivity contribution >= 4 is 146 Å². The van der Waals surface area contributed by atoms with Gasteiger partial charge in [0.05, 0.1) is 32.3 Å². The Balaban J connectivity index is 1.25. The Kier molecular flexibility index (Phi) is 20.0. The topological polar surface area (TPSA) is 83.1 Å². The smallest absolute Gasteiger partial charge is 0.189 e. The highest BCUT2D eigenvalue weighted by atomic mass is 127. The molecule has 0 atom stereocenters. The molecule has 0 unspecified atom stereocenters. The number of halogens is 6. The van der Waals surface area contributed by atoms with Gasteiger partial charge in [0.15, 0.2) is 35.1 Å². The highest BCUT2D eigenvalue weighted by molar-refractivity contribution is 14.1. The van der Waals surface area contributed by atoms with Crippen molar-refractivity contribution in [2.45, 2.75) is 35.5 Å². The van der Waals surface area contributed by atoms with Crippen molar-refractivity contribution in [3.63, 3.8) is 0 Å². The summed E-state index contributed by atoms with van der Waals surface area (Å²) in [5, 5.41) is 0. The van der Waals surface area contributed by atoms with Gasteiger partial charge in [-0.3, -0.25) is 0 Å². The number of rotatable bonds is 21. The lowest BCUT2D eigenvalue weighted by Gasteiger charge is -2.14. The molecule has 9 nitrogen and oxygen atoms in total. The molecule has 0 fully saturated rings. The molecule has 6 aromatic carbocycles. The monoisotopic (exact) mass is 1520 g/mol. The second-order valence-corrected chi connectivity index (χ2v) is 21.4. The molecule has 61 heavy (non-hydrogen) atoms. The van der Waals surface area contributed by atoms with Crippen molar-refractivity contribution in [3.8, 4) is 51.7 Å². The number of hydrogen-bond donors (Lipinski definition) is 0. The van der Waals surface area contributed by atoms with E-state index in [1.165, 1.54) is 0 Å². The zero-order chi connectivity index (χ0) is 43.3. The average Bonchev–Trinajstić information content (AvgIpc) is 3.25. The summed E-state index contributed by atoms with van der Waals surface area (Å²) in [6.07, 6.45) is 0. The molecule has 0 aromatic heterocycles. The van der Waals surface area contributed by atoms with Crippen LogP contribution < -0.4 is 28.4 Å². The Labute approximate surface area is 441 Å². The van der Waals surface area contributed by atoms with E-state index < -0.39 is 10.9 Å². The molecule has 0 N–H and O–H groups in total. The predicted octanol–water partition coefficient (Wildman–Crippen LogP) is 14.9. The molecule has 0 heterocycles. The van der Waals surface area contributed by atoms with E-state index in [0.29, 0.717) is 19.8 Å². The maximum absolute atomic E-state index is 6.40. The van der Waals surface area contributed by atoms with Gasteiger partial charge in [-0.2, -0.15) is 0 Å². The van der Waals surface area contributed by atoms with E-state index in [0.717, 1.165) is 87.9 Å². The van der Waals surface area contributed by atoms with E-state index in [2.05, 4.69) is 172 Å². The first-order valence-corrected chi connectivity index (χ1v) is 26.4. The SMILES string of the molecule is CCOCOc1cc(I)c(Oc2ccc([S+](c3ccc(Oc4cc(I)c(OCOCC)cc4I)cc3)c3ccc(Oc4cc(I)c(OCOCC)cc4I)cc3)cc2)cc1I.